The fraction of sp³-hybridized carbons (Fsp3) is 0.652. The van der Waals surface area contributed by atoms with Crippen LogP contribution in [0.5, 0.6) is 11.5 Å². The van der Waals surface area contributed by atoms with E-state index in [2.05, 4.69) is 5.32 Å². The molecule has 5 rings (SSSR count). The Balaban J connectivity index is 1.18. The first-order chi connectivity index (χ1) is 15.9. The predicted octanol–water partition coefficient (Wildman–Crippen LogP) is 1.38. The predicted molar refractivity (Wildman–Crippen MR) is 119 cm³/mol. The number of benzene rings is 1. The highest BCUT2D eigenvalue weighted by Crippen LogP contribution is 2.34. The summed E-state index contributed by atoms with van der Waals surface area (Å²) in [4.78, 5) is 27.6. The molecular formula is C23H31N3O6S. The normalized spacial score (nSPS) is 24.4. The topological polar surface area (TPSA) is 105 Å². The first-order valence-corrected chi connectivity index (χ1v) is 13.3. The number of ether oxygens (including phenoxy) is 2. The maximum atomic E-state index is 13.2. The number of nitrogens with zero attached hydrogens (tertiary/aromatic N) is 2. The molecule has 1 aromatic carbocycles. The Labute approximate surface area is 194 Å². The van der Waals surface area contributed by atoms with Crippen molar-refractivity contribution in [3.8, 4) is 11.5 Å². The van der Waals surface area contributed by atoms with Gasteiger partial charge in [-0.2, -0.15) is 4.31 Å². The minimum atomic E-state index is -3.68. The number of carbonyl (C=O) groups excluding carboxylic acids is 2. The van der Waals surface area contributed by atoms with Crippen molar-refractivity contribution in [1.29, 1.82) is 0 Å². The number of amides is 2. The van der Waals surface area contributed by atoms with Crippen LogP contribution in [0.15, 0.2) is 23.1 Å². The van der Waals surface area contributed by atoms with E-state index < -0.39 is 10.0 Å². The van der Waals surface area contributed by atoms with Gasteiger partial charge in [-0.1, -0.05) is 0 Å². The van der Waals surface area contributed by atoms with Crippen molar-refractivity contribution in [2.75, 3.05) is 39.4 Å². The fourth-order valence-corrected chi connectivity index (χ4v) is 6.36. The van der Waals surface area contributed by atoms with Crippen LogP contribution in [0.4, 0.5) is 0 Å². The molecule has 180 valence electrons. The van der Waals surface area contributed by atoms with Gasteiger partial charge in [0.15, 0.2) is 11.5 Å². The first kappa shape index (κ1) is 22.5. The molecule has 3 heterocycles. The zero-order valence-electron chi connectivity index (χ0n) is 18.7. The summed E-state index contributed by atoms with van der Waals surface area (Å²) in [6.45, 7) is 2.57. The average molecular weight is 478 g/mol. The van der Waals surface area contributed by atoms with Crippen LogP contribution in [0.25, 0.3) is 0 Å². The van der Waals surface area contributed by atoms with Gasteiger partial charge in [-0.15, -0.1) is 0 Å². The molecule has 9 nitrogen and oxygen atoms in total. The lowest BCUT2D eigenvalue weighted by Crippen LogP contribution is -2.49. The van der Waals surface area contributed by atoms with E-state index >= 15 is 0 Å². The van der Waals surface area contributed by atoms with Gasteiger partial charge in [0.2, 0.25) is 21.8 Å². The van der Waals surface area contributed by atoms with Crippen LogP contribution >= 0.6 is 0 Å². The Morgan fingerprint density at radius 3 is 2.36 bits per heavy atom. The second kappa shape index (κ2) is 9.13. The van der Waals surface area contributed by atoms with Gasteiger partial charge in [-0.25, -0.2) is 8.42 Å². The molecule has 1 aromatic rings. The zero-order valence-corrected chi connectivity index (χ0v) is 19.5. The third kappa shape index (κ3) is 4.82. The van der Waals surface area contributed by atoms with Crippen molar-refractivity contribution >= 4 is 21.8 Å². The van der Waals surface area contributed by atoms with E-state index in [1.54, 1.807) is 12.1 Å². The van der Waals surface area contributed by atoms with Crippen molar-refractivity contribution in [2.45, 2.75) is 49.5 Å². The molecule has 3 fully saturated rings. The van der Waals surface area contributed by atoms with Crippen molar-refractivity contribution in [1.82, 2.24) is 14.5 Å². The molecule has 1 N–H and O–H groups in total. The van der Waals surface area contributed by atoms with Gasteiger partial charge in [0.25, 0.3) is 0 Å². The Morgan fingerprint density at radius 1 is 0.909 bits per heavy atom. The van der Waals surface area contributed by atoms with E-state index in [1.807, 2.05) is 4.90 Å². The van der Waals surface area contributed by atoms with Crippen LogP contribution in [0.1, 0.15) is 38.5 Å². The summed E-state index contributed by atoms with van der Waals surface area (Å²) in [7, 11) is -3.68. The molecule has 1 aliphatic carbocycles. The Hall–Kier alpha value is -2.33. The second-order valence-corrected chi connectivity index (χ2v) is 11.3. The van der Waals surface area contributed by atoms with Crippen molar-refractivity contribution in [3.63, 3.8) is 0 Å². The lowest BCUT2D eigenvalue weighted by atomic mass is 9.92. The number of piperidine rings is 2. The highest BCUT2D eigenvalue weighted by molar-refractivity contribution is 7.89. The van der Waals surface area contributed by atoms with Gasteiger partial charge in [-0.3, -0.25) is 9.59 Å². The van der Waals surface area contributed by atoms with Crippen LogP contribution in [-0.4, -0.2) is 74.9 Å². The number of nitrogens with one attached hydrogen (secondary N) is 1. The van der Waals surface area contributed by atoms with E-state index in [0.717, 1.165) is 25.7 Å². The zero-order chi connectivity index (χ0) is 23.0. The monoisotopic (exact) mass is 477 g/mol. The summed E-state index contributed by atoms with van der Waals surface area (Å²) in [5, 5.41) is 3.05. The summed E-state index contributed by atoms with van der Waals surface area (Å²) < 4.78 is 38.8. The molecule has 1 atom stereocenters. The molecule has 10 heteroatoms. The van der Waals surface area contributed by atoms with Gasteiger partial charge >= 0.3 is 0 Å². The highest BCUT2D eigenvalue weighted by atomic mass is 32.2. The Kier molecular flexibility index (Phi) is 6.22. The second-order valence-electron chi connectivity index (χ2n) is 9.39. The smallest absolute Gasteiger partial charge is 0.243 e. The molecule has 1 saturated carbocycles. The highest BCUT2D eigenvalue weighted by Gasteiger charge is 2.37. The molecule has 0 aromatic heterocycles. The van der Waals surface area contributed by atoms with Gasteiger partial charge in [0, 0.05) is 44.2 Å². The van der Waals surface area contributed by atoms with Gasteiger partial charge < -0.3 is 19.7 Å². The lowest BCUT2D eigenvalue weighted by molar-refractivity contribution is -0.140. The van der Waals surface area contributed by atoms with E-state index in [-0.39, 0.29) is 28.5 Å². The van der Waals surface area contributed by atoms with Crippen molar-refractivity contribution < 1.29 is 27.5 Å². The van der Waals surface area contributed by atoms with Crippen molar-refractivity contribution in [2.24, 2.45) is 11.8 Å². The molecule has 3 aliphatic heterocycles. The quantitative estimate of drug-likeness (QED) is 0.687. The lowest BCUT2D eigenvalue weighted by Gasteiger charge is -2.37. The van der Waals surface area contributed by atoms with E-state index in [9.17, 15) is 18.0 Å². The van der Waals surface area contributed by atoms with Crippen LogP contribution in [0.3, 0.4) is 0 Å². The van der Waals surface area contributed by atoms with Crippen LogP contribution in [-0.2, 0) is 19.6 Å². The molecular weight excluding hydrogens is 446 g/mol. The average Bonchev–Trinajstić information content (AvgIpc) is 3.67. The molecule has 0 spiro atoms. The third-order valence-corrected chi connectivity index (χ3v) is 8.88. The molecule has 0 radical (unpaired) electrons. The fourth-order valence-electron chi connectivity index (χ4n) is 4.87. The summed E-state index contributed by atoms with van der Waals surface area (Å²) in [6, 6.07) is 5.01. The molecule has 0 bridgehead atoms. The summed E-state index contributed by atoms with van der Waals surface area (Å²) >= 11 is 0. The molecule has 1 unspecified atom stereocenters. The van der Waals surface area contributed by atoms with Crippen LogP contribution < -0.4 is 14.8 Å². The Bertz CT molecular complexity index is 1020. The minimum absolute atomic E-state index is 0.0512. The standard InChI is InChI=1S/C23H31N3O6S/c27-22(24-18-3-4-18)17-2-1-9-25(15-17)23(28)16-7-10-26(11-8-16)33(29,30)19-5-6-20-21(14-19)32-13-12-31-20/h5-6,14,16-18H,1-4,7-13,15H2,(H,24,27). The van der Waals surface area contributed by atoms with Gasteiger partial charge in [-0.05, 0) is 50.7 Å². The number of hydrogen-bond acceptors (Lipinski definition) is 6. The van der Waals surface area contributed by atoms with Crippen molar-refractivity contribution in [3.05, 3.63) is 18.2 Å². The number of fused-ring (bicyclic) bond motifs is 1. The van der Waals surface area contributed by atoms with Crippen LogP contribution in [0, 0.1) is 11.8 Å². The summed E-state index contributed by atoms with van der Waals surface area (Å²) in [5.74, 6) is 0.763. The number of rotatable bonds is 5. The first-order valence-electron chi connectivity index (χ1n) is 11.9. The molecule has 2 amide bonds. The summed E-state index contributed by atoms with van der Waals surface area (Å²) in [5.41, 5.74) is 0. The SMILES string of the molecule is O=C(NC1CC1)C1CCCN(C(=O)C2CCN(S(=O)(=O)c3ccc4c(c3)OCCO4)CC2)C1. The minimum Gasteiger partial charge on any atom is -0.486 e. The molecule has 33 heavy (non-hydrogen) atoms. The van der Waals surface area contributed by atoms with Gasteiger partial charge in [0.05, 0.1) is 10.8 Å². The van der Waals surface area contributed by atoms with Gasteiger partial charge in [0.1, 0.15) is 13.2 Å². The largest absolute Gasteiger partial charge is 0.486 e. The number of sulfonamides is 1. The maximum absolute atomic E-state index is 13.2. The third-order valence-electron chi connectivity index (χ3n) is 6.98. The number of likely N-dealkylation sites (tertiary alicyclic amines) is 1. The number of carbonyl (C=O) groups is 2. The van der Waals surface area contributed by atoms with E-state index in [4.69, 9.17) is 9.47 Å². The van der Waals surface area contributed by atoms with E-state index in [1.165, 1.54) is 10.4 Å². The van der Waals surface area contributed by atoms with E-state index in [0.29, 0.717) is 69.8 Å². The Morgan fingerprint density at radius 2 is 1.64 bits per heavy atom. The maximum Gasteiger partial charge on any atom is 0.243 e. The number of hydrogen-bond donors (Lipinski definition) is 1. The summed E-state index contributed by atoms with van der Waals surface area (Å²) in [6.07, 6.45) is 4.71. The molecule has 2 saturated heterocycles. The molecule has 4 aliphatic rings. The van der Waals surface area contributed by atoms with Crippen LogP contribution in [0.2, 0.25) is 0 Å².